The van der Waals surface area contributed by atoms with Crippen LogP contribution in [-0.2, 0) is 14.4 Å². The Hall–Kier alpha value is -2.93. The molecule has 0 spiro atoms. The number of Topliss-reactive ketones (excluding diaryl/α,β-unsaturated/α-hetero) is 1. The van der Waals surface area contributed by atoms with Crippen LogP contribution in [0.2, 0.25) is 0 Å². The molecule has 0 bridgehead atoms. The fourth-order valence-corrected chi connectivity index (χ4v) is 11.6. The number of nitrogens with one attached hydrogen (secondary N) is 3. The second-order valence-corrected chi connectivity index (χ2v) is 19.1. The summed E-state index contributed by atoms with van der Waals surface area (Å²) in [6.45, 7) is 9.33. The first kappa shape index (κ1) is 40.8. The van der Waals surface area contributed by atoms with Crippen LogP contribution < -0.4 is 16.0 Å². The number of nitrogens with zero attached hydrogens (tertiary/aromatic N) is 5. The lowest BCUT2D eigenvalue weighted by Crippen LogP contribution is -2.63. The number of fused-ring (bicyclic) bond motifs is 2. The third kappa shape index (κ3) is 10.1. The number of rotatable bonds is 5. The van der Waals surface area contributed by atoms with Crippen molar-refractivity contribution in [1.29, 1.82) is 0 Å². The quantitative estimate of drug-likeness (QED) is 0.377. The molecule has 13 nitrogen and oxygen atoms in total. The topological polar surface area (TPSA) is 138 Å². The van der Waals surface area contributed by atoms with Crippen LogP contribution in [-0.4, -0.2) is 150 Å². The molecule has 10 rings (SSSR count). The maximum atomic E-state index is 12.7. The molecule has 13 heteroatoms. The minimum Gasteiger partial charge on any atom is -0.342 e. The van der Waals surface area contributed by atoms with Crippen molar-refractivity contribution in [3.8, 4) is 0 Å². The minimum absolute atomic E-state index is 0.188. The maximum Gasteiger partial charge on any atom is 0.317 e. The highest BCUT2D eigenvalue weighted by Gasteiger charge is 2.43. The molecule has 6 aliphatic heterocycles. The van der Waals surface area contributed by atoms with Crippen LogP contribution in [0.1, 0.15) is 128 Å². The molecule has 0 radical (unpaired) electrons. The minimum atomic E-state index is 0.188. The molecule has 6 amide bonds. The smallest absolute Gasteiger partial charge is 0.317 e. The zero-order valence-electron chi connectivity index (χ0n) is 34.7. The number of amides is 6. The normalized spacial score (nSPS) is 32.1. The van der Waals surface area contributed by atoms with Gasteiger partial charge in [0.15, 0.2) is 0 Å². The third-order valence-corrected chi connectivity index (χ3v) is 15.3. The van der Waals surface area contributed by atoms with Crippen molar-refractivity contribution in [1.82, 2.24) is 40.4 Å². The van der Waals surface area contributed by atoms with Crippen molar-refractivity contribution in [2.24, 2.45) is 23.7 Å². The number of hydrogen-bond donors (Lipinski definition) is 3. The van der Waals surface area contributed by atoms with Crippen molar-refractivity contribution >= 4 is 29.7 Å². The first-order valence-electron chi connectivity index (χ1n) is 23.5. The summed E-state index contributed by atoms with van der Waals surface area (Å²) in [6, 6.07) is 2.91. The van der Waals surface area contributed by atoms with Crippen molar-refractivity contribution in [2.75, 3.05) is 65.4 Å². The van der Waals surface area contributed by atoms with E-state index in [4.69, 9.17) is 0 Å². The lowest BCUT2D eigenvalue weighted by atomic mass is 9.81. The molecule has 6 heterocycles. The second kappa shape index (κ2) is 19.0. The van der Waals surface area contributed by atoms with Gasteiger partial charge in [-0.1, -0.05) is 25.7 Å². The highest BCUT2D eigenvalue weighted by molar-refractivity contribution is 5.85. The molecule has 318 valence electrons. The summed E-state index contributed by atoms with van der Waals surface area (Å²) in [5.41, 5.74) is 0. The summed E-state index contributed by atoms with van der Waals surface area (Å²) in [5.74, 6) is 3.02. The van der Waals surface area contributed by atoms with E-state index >= 15 is 0 Å². The van der Waals surface area contributed by atoms with Crippen LogP contribution in [0.5, 0.6) is 0 Å². The van der Waals surface area contributed by atoms with Gasteiger partial charge in [0.1, 0.15) is 5.78 Å². The van der Waals surface area contributed by atoms with Crippen LogP contribution in [0, 0.1) is 23.7 Å². The van der Waals surface area contributed by atoms with E-state index in [1.807, 2.05) is 4.90 Å². The van der Waals surface area contributed by atoms with Gasteiger partial charge >= 0.3 is 12.1 Å². The zero-order valence-corrected chi connectivity index (χ0v) is 34.7. The van der Waals surface area contributed by atoms with Gasteiger partial charge in [-0.15, -0.1) is 0 Å². The Kier molecular flexibility index (Phi) is 13.6. The predicted octanol–water partition coefficient (Wildman–Crippen LogP) is 4.35. The molecular weight excluding hydrogens is 721 g/mol. The number of piperidine rings is 4. The number of hydrogen-bond acceptors (Lipinski definition) is 7. The lowest BCUT2D eigenvalue weighted by molar-refractivity contribution is -0.136. The van der Waals surface area contributed by atoms with Gasteiger partial charge in [0.2, 0.25) is 11.8 Å². The van der Waals surface area contributed by atoms with Gasteiger partial charge in [0, 0.05) is 107 Å². The Morgan fingerprint density at radius 3 is 1.40 bits per heavy atom. The maximum absolute atomic E-state index is 12.7. The van der Waals surface area contributed by atoms with Gasteiger partial charge in [-0.05, 0) is 115 Å². The van der Waals surface area contributed by atoms with Crippen molar-refractivity contribution < 1.29 is 24.0 Å². The van der Waals surface area contributed by atoms with E-state index in [-0.39, 0.29) is 18.0 Å². The monoisotopic (exact) mass is 793 g/mol. The Labute approximate surface area is 341 Å². The van der Waals surface area contributed by atoms with Gasteiger partial charge in [-0.2, -0.15) is 0 Å². The van der Waals surface area contributed by atoms with Crippen molar-refractivity contribution in [3.05, 3.63) is 0 Å². The fourth-order valence-electron chi connectivity index (χ4n) is 11.6. The molecule has 0 aromatic carbocycles. The van der Waals surface area contributed by atoms with E-state index < -0.39 is 0 Å². The van der Waals surface area contributed by atoms with Crippen molar-refractivity contribution in [3.63, 3.8) is 0 Å². The van der Waals surface area contributed by atoms with E-state index in [9.17, 15) is 24.0 Å². The summed E-state index contributed by atoms with van der Waals surface area (Å²) in [7, 11) is 0. The van der Waals surface area contributed by atoms with E-state index in [2.05, 4.69) is 35.6 Å². The van der Waals surface area contributed by atoms with E-state index in [1.54, 1.807) is 0 Å². The van der Waals surface area contributed by atoms with Gasteiger partial charge < -0.3 is 40.4 Å². The second-order valence-electron chi connectivity index (χ2n) is 19.1. The standard InChI is InChI=1S/C22H36N4O2.C13H23N3O.C9H13NO2/c27-21(16-5-6-16)25-13-7-18(8-14-25)24-11-9-19(10-12-24)26-20-4-2-1-3-17(20)15-23-22(26)28;17-13-15-9-10-3-1-2-4-12(10)16(13)11-5-7-14-8-6-11;11-8-3-5-10(6-4-8)9(12)7-1-2-7/h16-20H,1-15H2,(H,23,28);10-12,14H,1-9H2,(H,15,17);7H,1-6H2/t17-,20+;10-,12+;/m11./s1. The molecule has 4 saturated carbocycles. The summed E-state index contributed by atoms with van der Waals surface area (Å²) < 4.78 is 0. The van der Waals surface area contributed by atoms with Crippen LogP contribution in [0.3, 0.4) is 0 Å². The number of carbonyl (C=O) groups excluding carboxylic acids is 5. The van der Waals surface area contributed by atoms with Crippen LogP contribution in [0.4, 0.5) is 9.59 Å². The Morgan fingerprint density at radius 1 is 0.474 bits per heavy atom. The highest BCUT2D eigenvalue weighted by Crippen LogP contribution is 2.37. The van der Waals surface area contributed by atoms with Crippen LogP contribution in [0.15, 0.2) is 0 Å². The molecule has 0 aromatic rings. The molecule has 10 fully saturated rings. The van der Waals surface area contributed by atoms with Gasteiger partial charge in [0.05, 0.1) is 0 Å². The highest BCUT2D eigenvalue weighted by atomic mass is 16.2. The Balaban J connectivity index is 0.000000133. The lowest BCUT2D eigenvalue weighted by Gasteiger charge is -2.50. The first-order valence-corrected chi connectivity index (χ1v) is 23.5. The van der Waals surface area contributed by atoms with E-state index in [0.29, 0.717) is 91.5 Å². The summed E-state index contributed by atoms with van der Waals surface area (Å²) >= 11 is 0. The number of carbonyl (C=O) groups is 5. The third-order valence-electron chi connectivity index (χ3n) is 15.3. The molecule has 0 aromatic heterocycles. The fraction of sp³-hybridized carbons (Fsp3) is 0.886. The summed E-state index contributed by atoms with van der Waals surface area (Å²) in [5, 5.41) is 9.65. The largest absolute Gasteiger partial charge is 0.342 e. The number of likely N-dealkylation sites (tertiary alicyclic amines) is 3. The van der Waals surface area contributed by atoms with Crippen molar-refractivity contribution in [2.45, 2.75) is 159 Å². The Bertz CT molecular complexity index is 1410. The van der Waals surface area contributed by atoms with Gasteiger partial charge in [-0.25, -0.2) is 9.59 Å². The molecule has 0 unspecified atom stereocenters. The zero-order chi connectivity index (χ0) is 39.3. The number of urea groups is 2. The Morgan fingerprint density at radius 2 is 0.912 bits per heavy atom. The summed E-state index contributed by atoms with van der Waals surface area (Å²) in [4.78, 5) is 70.5. The summed E-state index contributed by atoms with van der Waals surface area (Å²) in [6.07, 6.45) is 22.4. The van der Waals surface area contributed by atoms with Crippen LogP contribution in [0.25, 0.3) is 0 Å². The van der Waals surface area contributed by atoms with Gasteiger partial charge in [0.25, 0.3) is 0 Å². The van der Waals surface area contributed by atoms with E-state index in [0.717, 1.165) is 117 Å². The molecule has 10 aliphatic rings. The number of ketones is 1. The van der Waals surface area contributed by atoms with E-state index in [1.165, 1.54) is 51.4 Å². The molecule has 4 atom stereocenters. The first-order chi connectivity index (χ1) is 27.8. The molecule has 4 aliphatic carbocycles. The average molecular weight is 793 g/mol. The van der Waals surface area contributed by atoms with Gasteiger partial charge in [-0.3, -0.25) is 14.4 Å². The molecule has 57 heavy (non-hydrogen) atoms. The molecule has 3 N–H and O–H groups in total. The predicted molar refractivity (Wildman–Crippen MR) is 218 cm³/mol. The van der Waals surface area contributed by atoms with Crippen LogP contribution >= 0.6 is 0 Å². The molecule has 6 saturated heterocycles. The average Bonchev–Trinajstić information content (AvgIpc) is 4.20. The molecular formula is C44H72N8O5. The SMILES string of the molecule is O=C(C1CC1)N1CCC(N2CCC(N3C(=O)NC[C@H]4CCCC[C@@H]43)CC2)CC1.O=C1CCN(C(=O)C2CC2)CC1.O=C1NC[C@H]2CCCC[C@@H]2N1C1CCNCC1.